The van der Waals surface area contributed by atoms with Gasteiger partial charge >= 0.3 is 6.18 Å². The van der Waals surface area contributed by atoms with E-state index >= 15 is 0 Å². The Bertz CT molecular complexity index is 1170. The van der Waals surface area contributed by atoms with Gasteiger partial charge in [-0.1, -0.05) is 18.7 Å². The monoisotopic (exact) mass is 517 g/mol. The number of thioether (sulfide) groups is 1. The average Bonchev–Trinajstić information content (AvgIpc) is 3.53. The van der Waals surface area contributed by atoms with Crippen molar-refractivity contribution in [1.82, 2.24) is 29.6 Å². The van der Waals surface area contributed by atoms with Crippen LogP contribution < -0.4 is 4.90 Å². The van der Waals surface area contributed by atoms with Crippen LogP contribution in [-0.4, -0.2) is 67.6 Å². The molecular weight excluding hydrogens is 487 g/mol. The topological polar surface area (TPSA) is 63.0 Å². The van der Waals surface area contributed by atoms with E-state index in [0.29, 0.717) is 6.04 Å². The summed E-state index contributed by atoms with van der Waals surface area (Å²) in [5.74, 6) is 1.65. The molecule has 1 aromatic carbocycles. The van der Waals surface area contributed by atoms with Gasteiger partial charge in [0, 0.05) is 55.8 Å². The molecular formula is C25H30F3N7S. The van der Waals surface area contributed by atoms with Crippen LogP contribution in [-0.2, 0) is 13.2 Å². The van der Waals surface area contributed by atoms with Gasteiger partial charge in [-0.25, -0.2) is 9.97 Å². The number of halogens is 3. The highest BCUT2D eigenvalue weighted by Gasteiger charge is 2.51. The summed E-state index contributed by atoms with van der Waals surface area (Å²) >= 11 is 1.69. The first-order valence-corrected chi connectivity index (χ1v) is 13.2. The molecule has 7 nitrogen and oxygen atoms in total. The molecule has 36 heavy (non-hydrogen) atoms. The van der Waals surface area contributed by atoms with E-state index in [1.807, 2.05) is 17.7 Å². The van der Waals surface area contributed by atoms with E-state index in [1.54, 1.807) is 30.1 Å². The fourth-order valence-corrected chi connectivity index (χ4v) is 6.45. The first-order chi connectivity index (χ1) is 17.3. The SMILES string of the molecule is CC[C@@]12CCN(c3ccc(C(F)(F)F)cc3)[C@@H]1CN(CCCSc1nnc(-c3ccncn3)n1C)C2. The molecule has 2 fully saturated rings. The molecule has 0 saturated carbocycles. The smallest absolute Gasteiger partial charge is 0.367 e. The molecule has 2 aliphatic rings. The Balaban J connectivity index is 1.17. The third kappa shape index (κ3) is 4.82. The van der Waals surface area contributed by atoms with Crippen molar-refractivity contribution < 1.29 is 13.2 Å². The van der Waals surface area contributed by atoms with Crippen molar-refractivity contribution in [1.29, 1.82) is 0 Å². The van der Waals surface area contributed by atoms with Gasteiger partial charge in [0.25, 0.3) is 0 Å². The third-order valence-corrected chi connectivity index (χ3v) is 8.74. The molecule has 0 N–H and O–H groups in total. The van der Waals surface area contributed by atoms with E-state index < -0.39 is 11.7 Å². The van der Waals surface area contributed by atoms with E-state index in [1.165, 1.54) is 18.5 Å². The van der Waals surface area contributed by atoms with Crippen LogP contribution in [0.15, 0.2) is 48.0 Å². The van der Waals surface area contributed by atoms with Gasteiger partial charge in [0.1, 0.15) is 12.0 Å². The maximum absolute atomic E-state index is 13.0. The number of likely N-dealkylation sites (tertiary alicyclic amines) is 1. The zero-order valence-corrected chi connectivity index (χ0v) is 21.3. The summed E-state index contributed by atoms with van der Waals surface area (Å²) in [6.45, 7) is 6.11. The summed E-state index contributed by atoms with van der Waals surface area (Å²) in [4.78, 5) is 13.0. The second-order valence-corrected chi connectivity index (χ2v) is 10.7. The van der Waals surface area contributed by atoms with Crippen LogP contribution in [0.1, 0.15) is 31.7 Å². The molecule has 2 saturated heterocycles. The number of hydrogen-bond donors (Lipinski definition) is 0. The lowest BCUT2D eigenvalue weighted by Gasteiger charge is -2.31. The molecule has 0 bridgehead atoms. The summed E-state index contributed by atoms with van der Waals surface area (Å²) in [5.41, 5.74) is 1.25. The van der Waals surface area contributed by atoms with Gasteiger partial charge in [-0.2, -0.15) is 13.2 Å². The van der Waals surface area contributed by atoms with Gasteiger partial charge in [-0.05, 0) is 56.1 Å². The van der Waals surface area contributed by atoms with Crippen molar-refractivity contribution in [3.8, 4) is 11.5 Å². The first-order valence-electron chi connectivity index (χ1n) is 12.3. The van der Waals surface area contributed by atoms with Gasteiger partial charge in [-0.15, -0.1) is 10.2 Å². The molecule has 4 heterocycles. The van der Waals surface area contributed by atoms with Crippen molar-refractivity contribution in [3.63, 3.8) is 0 Å². The van der Waals surface area contributed by atoms with Crippen molar-refractivity contribution in [2.75, 3.05) is 36.8 Å². The Morgan fingerprint density at radius 1 is 1.14 bits per heavy atom. The predicted octanol–water partition coefficient (Wildman–Crippen LogP) is 4.76. The van der Waals surface area contributed by atoms with Crippen LogP contribution in [0.5, 0.6) is 0 Å². The summed E-state index contributed by atoms with van der Waals surface area (Å²) < 4.78 is 41.0. The van der Waals surface area contributed by atoms with E-state index in [2.05, 4.69) is 36.9 Å². The van der Waals surface area contributed by atoms with E-state index in [4.69, 9.17) is 0 Å². The number of hydrogen-bond acceptors (Lipinski definition) is 7. The van der Waals surface area contributed by atoms with Gasteiger partial charge < -0.3 is 14.4 Å². The molecule has 0 spiro atoms. The maximum atomic E-state index is 13.0. The quantitative estimate of drug-likeness (QED) is 0.315. The second-order valence-electron chi connectivity index (χ2n) is 9.62. The zero-order chi connectivity index (χ0) is 25.3. The highest BCUT2D eigenvalue weighted by atomic mass is 32.2. The summed E-state index contributed by atoms with van der Waals surface area (Å²) in [6.07, 6.45) is 2.06. The maximum Gasteiger partial charge on any atom is 0.416 e. The molecule has 3 aromatic rings. The number of rotatable bonds is 8. The van der Waals surface area contributed by atoms with E-state index in [-0.39, 0.29) is 5.41 Å². The van der Waals surface area contributed by atoms with E-state index in [0.717, 1.165) is 73.6 Å². The molecule has 0 amide bonds. The second kappa shape index (κ2) is 10.0. The van der Waals surface area contributed by atoms with Crippen LogP contribution >= 0.6 is 11.8 Å². The predicted molar refractivity (Wildman–Crippen MR) is 134 cm³/mol. The number of benzene rings is 1. The summed E-state index contributed by atoms with van der Waals surface area (Å²) in [7, 11) is 1.95. The van der Waals surface area contributed by atoms with Crippen LogP contribution in [0.25, 0.3) is 11.5 Å². The molecule has 0 unspecified atom stereocenters. The van der Waals surface area contributed by atoms with Gasteiger partial charge in [0.05, 0.1) is 5.56 Å². The first kappa shape index (κ1) is 25.0. The Kier molecular flexibility index (Phi) is 6.95. The van der Waals surface area contributed by atoms with Crippen molar-refractivity contribution in [2.24, 2.45) is 12.5 Å². The highest BCUT2D eigenvalue weighted by Crippen LogP contribution is 2.47. The van der Waals surface area contributed by atoms with Crippen LogP contribution in [0.3, 0.4) is 0 Å². The minimum Gasteiger partial charge on any atom is -0.367 e. The lowest BCUT2D eigenvalue weighted by molar-refractivity contribution is -0.137. The third-order valence-electron chi connectivity index (χ3n) is 7.63. The number of aromatic nitrogens is 5. The lowest BCUT2D eigenvalue weighted by atomic mass is 9.80. The fourth-order valence-electron chi connectivity index (χ4n) is 5.61. The van der Waals surface area contributed by atoms with Gasteiger partial charge in [0.15, 0.2) is 11.0 Å². The zero-order valence-electron chi connectivity index (χ0n) is 20.4. The van der Waals surface area contributed by atoms with Crippen molar-refractivity contribution in [3.05, 3.63) is 48.4 Å². The molecule has 0 aliphatic carbocycles. The summed E-state index contributed by atoms with van der Waals surface area (Å²) in [5, 5.41) is 9.46. The molecule has 2 aromatic heterocycles. The number of fused-ring (bicyclic) bond motifs is 1. The fraction of sp³-hybridized carbons (Fsp3) is 0.520. The number of anilines is 1. The molecule has 2 atom stereocenters. The minimum atomic E-state index is -4.30. The Morgan fingerprint density at radius 2 is 1.94 bits per heavy atom. The van der Waals surface area contributed by atoms with Crippen molar-refractivity contribution in [2.45, 2.75) is 43.6 Å². The normalized spacial score (nSPS) is 22.4. The van der Waals surface area contributed by atoms with Crippen LogP contribution in [0.4, 0.5) is 18.9 Å². The summed E-state index contributed by atoms with van der Waals surface area (Å²) in [6, 6.07) is 7.82. The largest absolute Gasteiger partial charge is 0.416 e. The molecule has 192 valence electrons. The Morgan fingerprint density at radius 3 is 2.64 bits per heavy atom. The number of nitrogens with zero attached hydrogens (tertiary/aromatic N) is 7. The van der Waals surface area contributed by atoms with Gasteiger partial charge in [0.2, 0.25) is 0 Å². The average molecular weight is 518 g/mol. The van der Waals surface area contributed by atoms with Crippen LogP contribution in [0.2, 0.25) is 0 Å². The molecule has 2 aliphatic heterocycles. The number of alkyl halides is 3. The lowest BCUT2D eigenvalue weighted by Crippen LogP contribution is -2.38. The Labute approximate surface area is 213 Å². The standard InChI is InChI=1S/C25H30F3N7S/c1-3-24-10-13-35(19-7-5-18(6-8-19)25(26,27)28)21(24)15-34(16-24)12-4-14-36-23-32-31-22(33(23)2)20-9-11-29-17-30-20/h5-9,11,17,21H,3-4,10,12-16H2,1-2H3/t21-,24+/m1/s1. The highest BCUT2D eigenvalue weighted by molar-refractivity contribution is 7.99. The van der Waals surface area contributed by atoms with Crippen LogP contribution in [0, 0.1) is 5.41 Å². The molecule has 0 radical (unpaired) electrons. The van der Waals surface area contributed by atoms with Crippen molar-refractivity contribution >= 4 is 17.4 Å². The van der Waals surface area contributed by atoms with Gasteiger partial charge in [-0.3, -0.25) is 0 Å². The van der Waals surface area contributed by atoms with E-state index in [9.17, 15) is 13.2 Å². The Hall–Kier alpha value is -2.66. The molecule has 5 rings (SSSR count). The molecule has 11 heteroatoms. The minimum absolute atomic E-state index is 0.200.